The second-order valence-electron chi connectivity index (χ2n) is 3.65. The van der Waals surface area contributed by atoms with Crippen LogP contribution in [-0.4, -0.2) is 26.7 Å². The lowest BCUT2D eigenvalue weighted by molar-refractivity contribution is -0.145. The molecule has 94 valence electrons. The van der Waals surface area contributed by atoms with Crippen molar-refractivity contribution in [1.29, 1.82) is 0 Å². The van der Waals surface area contributed by atoms with Crippen LogP contribution in [0.2, 0.25) is 0 Å². The number of likely N-dealkylation sites (N-methyl/N-ethyl adjacent to an activating group) is 1. The average Bonchev–Trinajstić information content (AvgIpc) is 2.31. The summed E-state index contributed by atoms with van der Waals surface area (Å²) < 4.78 is 10.1. The van der Waals surface area contributed by atoms with Gasteiger partial charge < -0.3 is 14.8 Å². The van der Waals surface area contributed by atoms with E-state index in [-0.39, 0.29) is 5.97 Å². The van der Waals surface area contributed by atoms with Crippen LogP contribution < -0.4 is 5.32 Å². The molecule has 0 amide bonds. The first-order chi connectivity index (χ1) is 8.22. The molecule has 0 fully saturated rings. The van der Waals surface area contributed by atoms with Gasteiger partial charge in [-0.1, -0.05) is 24.3 Å². The molecule has 0 aromatic heterocycles. The van der Waals surface area contributed by atoms with Crippen LogP contribution in [0.3, 0.4) is 0 Å². The molecule has 1 rings (SSSR count). The van der Waals surface area contributed by atoms with Gasteiger partial charge in [0.15, 0.2) is 0 Å². The summed E-state index contributed by atoms with van der Waals surface area (Å²) in [6.07, 6.45) is 0. The number of methoxy groups -OCH3 is 1. The first-order valence-corrected chi connectivity index (χ1v) is 5.64. The van der Waals surface area contributed by atoms with Crippen molar-refractivity contribution in [3.63, 3.8) is 0 Å². The van der Waals surface area contributed by atoms with Crippen molar-refractivity contribution in [3.05, 3.63) is 35.4 Å². The highest BCUT2D eigenvalue weighted by Crippen LogP contribution is 2.16. The number of rotatable bonds is 6. The summed E-state index contributed by atoms with van der Waals surface area (Å²) in [4.78, 5) is 11.7. The Kier molecular flexibility index (Phi) is 5.66. The van der Waals surface area contributed by atoms with Crippen molar-refractivity contribution < 1.29 is 14.3 Å². The van der Waals surface area contributed by atoms with Crippen LogP contribution in [0.5, 0.6) is 0 Å². The molecule has 4 nitrogen and oxygen atoms in total. The fraction of sp³-hybridized carbons (Fsp3) is 0.462. The van der Waals surface area contributed by atoms with Gasteiger partial charge in [-0.05, 0) is 25.1 Å². The van der Waals surface area contributed by atoms with Gasteiger partial charge in [-0.2, -0.15) is 0 Å². The van der Waals surface area contributed by atoms with Crippen LogP contribution in [0.1, 0.15) is 24.1 Å². The lowest BCUT2D eigenvalue weighted by atomic mass is 10.0. The summed E-state index contributed by atoms with van der Waals surface area (Å²) in [7, 11) is 3.39. The summed E-state index contributed by atoms with van der Waals surface area (Å²) >= 11 is 0. The fourth-order valence-electron chi connectivity index (χ4n) is 1.68. The van der Waals surface area contributed by atoms with Gasteiger partial charge in [-0.3, -0.25) is 0 Å². The van der Waals surface area contributed by atoms with Crippen molar-refractivity contribution in [2.24, 2.45) is 0 Å². The number of benzene rings is 1. The number of hydrogen-bond donors (Lipinski definition) is 1. The van der Waals surface area contributed by atoms with E-state index in [9.17, 15) is 4.79 Å². The molecule has 4 heteroatoms. The summed E-state index contributed by atoms with van der Waals surface area (Å²) in [5, 5.41) is 2.96. The standard InChI is InChI=1S/C13H19NO3/c1-4-17-13(15)12(14-2)11-7-5-6-10(8-11)9-16-3/h5-8,12,14H,4,9H2,1-3H3. The largest absolute Gasteiger partial charge is 0.465 e. The van der Waals surface area contributed by atoms with E-state index in [1.54, 1.807) is 21.1 Å². The zero-order chi connectivity index (χ0) is 12.7. The van der Waals surface area contributed by atoms with E-state index < -0.39 is 6.04 Å². The predicted molar refractivity (Wildman–Crippen MR) is 65.6 cm³/mol. The molecular formula is C13H19NO3. The minimum absolute atomic E-state index is 0.260. The van der Waals surface area contributed by atoms with E-state index >= 15 is 0 Å². The normalized spacial score (nSPS) is 12.2. The lowest BCUT2D eigenvalue weighted by Crippen LogP contribution is -2.27. The van der Waals surface area contributed by atoms with Gasteiger partial charge in [0.25, 0.3) is 0 Å². The maximum atomic E-state index is 11.7. The third kappa shape index (κ3) is 3.84. The number of ether oxygens (including phenoxy) is 2. The van der Waals surface area contributed by atoms with Gasteiger partial charge in [-0.15, -0.1) is 0 Å². The molecule has 1 atom stereocenters. The first kappa shape index (κ1) is 13.7. The molecule has 17 heavy (non-hydrogen) atoms. The molecule has 1 aromatic carbocycles. The van der Waals surface area contributed by atoms with Crippen molar-refractivity contribution >= 4 is 5.97 Å². The number of carbonyl (C=O) groups excluding carboxylic acids is 1. The Hall–Kier alpha value is -1.39. The zero-order valence-electron chi connectivity index (χ0n) is 10.5. The third-order valence-electron chi connectivity index (χ3n) is 2.41. The Labute approximate surface area is 102 Å². The second kappa shape index (κ2) is 7.04. The Balaban J connectivity index is 2.87. The van der Waals surface area contributed by atoms with Crippen molar-refractivity contribution in [2.75, 3.05) is 20.8 Å². The maximum Gasteiger partial charge on any atom is 0.327 e. The molecule has 1 N–H and O–H groups in total. The molecule has 0 heterocycles. The van der Waals surface area contributed by atoms with Gasteiger partial charge in [0.2, 0.25) is 0 Å². The Morgan fingerprint density at radius 1 is 1.47 bits per heavy atom. The highest BCUT2D eigenvalue weighted by Gasteiger charge is 2.19. The highest BCUT2D eigenvalue weighted by molar-refractivity contribution is 5.77. The minimum Gasteiger partial charge on any atom is -0.465 e. The molecule has 0 saturated heterocycles. The molecule has 0 aliphatic rings. The smallest absolute Gasteiger partial charge is 0.327 e. The fourth-order valence-corrected chi connectivity index (χ4v) is 1.68. The average molecular weight is 237 g/mol. The molecule has 1 aromatic rings. The van der Waals surface area contributed by atoms with E-state index in [0.717, 1.165) is 11.1 Å². The maximum absolute atomic E-state index is 11.7. The summed E-state index contributed by atoms with van der Waals surface area (Å²) in [6.45, 7) is 2.72. The molecule has 0 saturated carbocycles. The number of carbonyl (C=O) groups is 1. The predicted octanol–water partition coefficient (Wildman–Crippen LogP) is 1.66. The van der Waals surface area contributed by atoms with Gasteiger partial charge in [-0.25, -0.2) is 4.79 Å². The molecule has 1 unspecified atom stereocenters. The van der Waals surface area contributed by atoms with Crippen LogP contribution in [-0.2, 0) is 20.9 Å². The molecule has 0 radical (unpaired) electrons. The number of hydrogen-bond acceptors (Lipinski definition) is 4. The SMILES string of the molecule is CCOC(=O)C(NC)c1cccc(COC)c1. The number of esters is 1. The van der Waals surface area contributed by atoms with Crippen LogP contribution in [0.4, 0.5) is 0 Å². The minimum atomic E-state index is -0.424. The Bertz CT molecular complexity index is 365. The van der Waals surface area contributed by atoms with E-state index in [2.05, 4.69) is 5.32 Å². The van der Waals surface area contributed by atoms with Gasteiger partial charge >= 0.3 is 5.97 Å². The van der Waals surface area contributed by atoms with Crippen LogP contribution in [0.15, 0.2) is 24.3 Å². The summed E-state index contributed by atoms with van der Waals surface area (Å²) in [5.74, 6) is -0.260. The van der Waals surface area contributed by atoms with Crippen molar-refractivity contribution in [1.82, 2.24) is 5.32 Å². The second-order valence-corrected chi connectivity index (χ2v) is 3.65. The molecule has 0 aliphatic carbocycles. The zero-order valence-corrected chi connectivity index (χ0v) is 10.5. The molecular weight excluding hydrogens is 218 g/mol. The van der Waals surface area contributed by atoms with E-state index in [1.807, 2.05) is 24.3 Å². The first-order valence-electron chi connectivity index (χ1n) is 5.64. The van der Waals surface area contributed by atoms with Gasteiger partial charge in [0.05, 0.1) is 13.2 Å². The lowest BCUT2D eigenvalue weighted by Gasteiger charge is -2.15. The van der Waals surface area contributed by atoms with Crippen molar-refractivity contribution in [3.8, 4) is 0 Å². The Morgan fingerprint density at radius 2 is 2.24 bits per heavy atom. The van der Waals surface area contributed by atoms with Gasteiger partial charge in [0.1, 0.15) is 6.04 Å². The Morgan fingerprint density at radius 3 is 2.82 bits per heavy atom. The van der Waals surface area contributed by atoms with E-state index in [0.29, 0.717) is 13.2 Å². The molecule has 0 spiro atoms. The monoisotopic (exact) mass is 237 g/mol. The molecule has 0 bridgehead atoms. The topological polar surface area (TPSA) is 47.6 Å². The third-order valence-corrected chi connectivity index (χ3v) is 2.41. The van der Waals surface area contributed by atoms with Crippen LogP contribution >= 0.6 is 0 Å². The van der Waals surface area contributed by atoms with E-state index in [4.69, 9.17) is 9.47 Å². The molecule has 0 aliphatic heterocycles. The quantitative estimate of drug-likeness (QED) is 0.764. The van der Waals surface area contributed by atoms with Crippen molar-refractivity contribution in [2.45, 2.75) is 19.6 Å². The van der Waals surface area contributed by atoms with Crippen LogP contribution in [0.25, 0.3) is 0 Å². The summed E-state index contributed by atoms with van der Waals surface area (Å²) in [6, 6.07) is 7.29. The van der Waals surface area contributed by atoms with Gasteiger partial charge in [0, 0.05) is 7.11 Å². The highest BCUT2D eigenvalue weighted by atomic mass is 16.5. The van der Waals surface area contributed by atoms with E-state index in [1.165, 1.54) is 0 Å². The summed E-state index contributed by atoms with van der Waals surface area (Å²) in [5.41, 5.74) is 1.93. The van der Waals surface area contributed by atoms with Crippen LogP contribution in [0, 0.1) is 0 Å². The number of nitrogens with one attached hydrogen (secondary N) is 1.